The molecule has 4 heteroatoms. The molecule has 0 radical (unpaired) electrons. The first kappa shape index (κ1) is 16.5. The van der Waals surface area contributed by atoms with Gasteiger partial charge in [-0.3, -0.25) is 4.79 Å². The zero-order valence-electron chi connectivity index (χ0n) is 13.9. The third kappa shape index (κ3) is 3.15. The van der Waals surface area contributed by atoms with E-state index in [2.05, 4.69) is 25.8 Å². The summed E-state index contributed by atoms with van der Waals surface area (Å²) in [5, 5.41) is 2.97. The fraction of sp³-hybridized carbons (Fsp3) is 0.150. The van der Waals surface area contributed by atoms with Crippen molar-refractivity contribution in [1.82, 2.24) is 4.57 Å². The molecule has 3 rings (SSSR count). The van der Waals surface area contributed by atoms with Crippen molar-refractivity contribution in [3.63, 3.8) is 0 Å². The summed E-state index contributed by atoms with van der Waals surface area (Å²) >= 11 is 3.59. The molecule has 1 heterocycles. The second-order valence-electron chi connectivity index (χ2n) is 5.89. The van der Waals surface area contributed by atoms with Crippen LogP contribution >= 0.6 is 15.9 Å². The lowest BCUT2D eigenvalue weighted by molar-refractivity contribution is 0.102. The Morgan fingerprint density at radius 1 is 1.00 bits per heavy atom. The molecular weight excluding hydrogens is 364 g/mol. The van der Waals surface area contributed by atoms with E-state index in [1.165, 1.54) is 5.56 Å². The number of para-hydroxylation sites is 1. The number of amides is 1. The van der Waals surface area contributed by atoms with Gasteiger partial charge in [0.15, 0.2) is 0 Å². The van der Waals surface area contributed by atoms with E-state index in [-0.39, 0.29) is 5.91 Å². The molecule has 3 aromatic rings. The quantitative estimate of drug-likeness (QED) is 0.644. The number of halogens is 1. The molecule has 0 atom stereocenters. The van der Waals surface area contributed by atoms with Gasteiger partial charge in [-0.2, -0.15) is 0 Å². The van der Waals surface area contributed by atoms with Gasteiger partial charge in [0.2, 0.25) is 0 Å². The van der Waals surface area contributed by atoms with Crippen LogP contribution in [-0.4, -0.2) is 10.5 Å². The lowest BCUT2D eigenvalue weighted by Crippen LogP contribution is -2.13. The van der Waals surface area contributed by atoms with E-state index in [0.29, 0.717) is 5.56 Å². The molecule has 2 aromatic carbocycles. The second-order valence-corrected chi connectivity index (χ2v) is 6.75. The van der Waals surface area contributed by atoms with Crippen molar-refractivity contribution in [3.8, 4) is 5.69 Å². The van der Waals surface area contributed by atoms with Gasteiger partial charge >= 0.3 is 0 Å². The Morgan fingerprint density at radius 2 is 1.67 bits per heavy atom. The Hall–Kier alpha value is -2.33. The molecule has 0 aliphatic heterocycles. The number of carbonyl (C=O) groups excluding carboxylic acids is 1. The SMILES string of the molecule is Cc1ccc(NC(=O)c2cc(C)n(-c3ccccc3Br)c2C)cc1. The molecule has 0 bridgehead atoms. The highest BCUT2D eigenvalue weighted by molar-refractivity contribution is 9.10. The van der Waals surface area contributed by atoms with Crippen molar-refractivity contribution in [3.05, 3.63) is 81.6 Å². The molecule has 1 N–H and O–H groups in total. The summed E-state index contributed by atoms with van der Waals surface area (Å²) in [6, 6.07) is 17.7. The van der Waals surface area contributed by atoms with E-state index in [9.17, 15) is 4.79 Å². The van der Waals surface area contributed by atoms with Crippen LogP contribution in [0.25, 0.3) is 5.69 Å². The summed E-state index contributed by atoms with van der Waals surface area (Å²) in [6.07, 6.45) is 0. The smallest absolute Gasteiger partial charge is 0.257 e. The minimum atomic E-state index is -0.0924. The summed E-state index contributed by atoms with van der Waals surface area (Å²) < 4.78 is 3.09. The standard InChI is InChI=1S/C20H19BrN2O/c1-13-8-10-16(11-9-13)22-20(24)17-12-14(2)23(15(17)3)19-7-5-4-6-18(19)21/h4-12H,1-3H3,(H,22,24). The van der Waals surface area contributed by atoms with Gasteiger partial charge in [-0.1, -0.05) is 29.8 Å². The van der Waals surface area contributed by atoms with Crippen LogP contribution in [0.3, 0.4) is 0 Å². The molecule has 1 amide bonds. The van der Waals surface area contributed by atoms with Crippen LogP contribution in [0.2, 0.25) is 0 Å². The molecule has 0 fully saturated rings. The Morgan fingerprint density at radius 3 is 2.33 bits per heavy atom. The summed E-state index contributed by atoms with van der Waals surface area (Å²) in [5.41, 5.74) is 5.62. The highest BCUT2D eigenvalue weighted by atomic mass is 79.9. The Balaban J connectivity index is 1.95. The lowest BCUT2D eigenvalue weighted by Gasteiger charge is -2.12. The summed E-state index contributed by atoms with van der Waals surface area (Å²) in [6.45, 7) is 6.00. The van der Waals surface area contributed by atoms with E-state index in [4.69, 9.17) is 0 Å². The number of hydrogen-bond acceptors (Lipinski definition) is 1. The number of benzene rings is 2. The van der Waals surface area contributed by atoms with Crippen LogP contribution in [0.15, 0.2) is 59.1 Å². The number of nitrogens with zero attached hydrogens (tertiary/aromatic N) is 1. The third-order valence-electron chi connectivity index (χ3n) is 4.08. The van der Waals surface area contributed by atoms with Crippen molar-refractivity contribution in [2.75, 3.05) is 5.32 Å². The number of aromatic nitrogens is 1. The third-order valence-corrected chi connectivity index (χ3v) is 4.75. The maximum absolute atomic E-state index is 12.7. The van der Waals surface area contributed by atoms with Crippen molar-refractivity contribution >= 4 is 27.5 Å². The molecule has 122 valence electrons. The van der Waals surface area contributed by atoms with Gasteiger partial charge in [0.25, 0.3) is 5.91 Å². The Kier molecular flexibility index (Phi) is 4.58. The maximum atomic E-state index is 12.7. The summed E-state index contributed by atoms with van der Waals surface area (Å²) in [7, 11) is 0. The van der Waals surface area contributed by atoms with Gasteiger partial charge in [0.1, 0.15) is 0 Å². The normalized spacial score (nSPS) is 10.7. The number of anilines is 1. The molecule has 3 nitrogen and oxygen atoms in total. The predicted octanol–water partition coefficient (Wildman–Crippen LogP) is 5.42. The van der Waals surface area contributed by atoms with E-state index in [1.54, 1.807) is 0 Å². The minimum absolute atomic E-state index is 0.0924. The molecule has 0 saturated heterocycles. The number of carbonyl (C=O) groups is 1. The summed E-state index contributed by atoms with van der Waals surface area (Å²) in [5.74, 6) is -0.0924. The van der Waals surface area contributed by atoms with Crippen LogP contribution < -0.4 is 5.32 Å². The van der Waals surface area contributed by atoms with Crippen molar-refractivity contribution in [2.45, 2.75) is 20.8 Å². The van der Waals surface area contributed by atoms with Crippen molar-refractivity contribution < 1.29 is 4.79 Å². The topological polar surface area (TPSA) is 34.0 Å². The highest BCUT2D eigenvalue weighted by Crippen LogP contribution is 2.27. The first-order valence-electron chi connectivity index (χ1n) is 7.79. The highest BCUT2D eigenvalue weighted by Gasteiger charge is 2.17. The van der Waals surface area contributed by atoms with Gasteiger partial charge < -0.3 is 9.88 Å². The fourth-order valence-electron chi connectivity index (χ4n) is 2.83. The average Bonchev–Trinajstić information content (AvgIpc) is 2.85. The molecule has 0 aliphatic rings. The van der Waals surface area contributed by atoms with Gasteiger partial charge in [-0.05, 0) is 67.0 Å². The molecule has 24 heavy (non-hydrogen) atoms. The van der Waals surface area contributed by atoms with Crippen molar-refractivity contribution in [2.24, 2.45) is 0 Å². The molecule has 0 unspecified atom stereocenters. The van der Waals surface area contributed by atoms with Crippen molar-refractivity contribution in [1.29, 1.82) is 0 Å². The van der Waals surface area contributed by atoms with Gasteiger partial charge in [-0.15, -0.1) is 0 Å². The van der Waals surface area contributed by atoms with E-state index in [1.807, 2.05) is 75.4 Å². The molecule has 1 aromatic heterocycles. The lowest BCUT2D eigenvalue weighted by atomic mass is 10.2. The van der Waals surface area contributed by atoms with Gasteiger partial charge in [0, 0.05) is 21.5 Å². The van der Waals surface area contributed by atoms with Crippen LogP contribution in [0.1, 0.15) is 27.3 Å². The zero-order chi connectivity index (χ0) is 17.3. The van der Waals surface area contributed by atoms with Crippen LogP contribution in [-0.2, 0) is 0 Å². The minimum Gasteiger partial charge on any atom is -0.322 e. The van der Waals surface area contributed by atoms with Crippen LogP contribution in [0.5, 0.6) is 0 Å². The summed E-state index contributed by atoms with van der Waals surface area (Å²) in [4.78, 5) is 12.7. The molecular formula is C20H19BrN2O. The molecule has 0 aliphatic carbocycles. The number of rotatable bonds is 3. The average molecular weight is 383 g/mol. The first-order valence-corrected chi connectivity index (χ1v) is 8.58. The molecule has 0 spiro atoms. The van der Waals surface area contributed by atoms with E-state index < -0.39 is 0 Å². The number of aryl methyl sites for hydroxylation is 2. The number of hydrogen-bond donors (Lipinski definition) is 1. The maximum Gasteiger partial charge on any atom is 0.257 e. The van der Waals surface area contributed by atoms with Crippen LogP contribution in [0, 0.1) is 20.8 Å². The van der Waals surface area contributed by atoms with Gasteiger partial charge in [0.05, 0.1) is 11.3 Å². The monoisotopic (exact) mass is 382 g/mol. The Labute approximate surface area is 150 Å². The van der Waals surface area contributed by atoms with E-state index in [0.717, 1.165) is 27.2 Å². The van der Waals surface area contributed by atoms with Gasteiger partial charge in [-0.25, -0.2) is 0 Å². The van der Waals surface area contributed by atoms with Crippen LogP contribution in [0.4, 0.5) is 5.69 Å². The predicted molar refractivity (Wildman–Crippen MR) is 102 cm³/mol. The van der Waals surface area contributed by atoms with E-state index >= 15 is 0 Å². The Bertz CT molecular complexity index is 895. The largest absolute Gasteiger partial charge is 0.322 e. The first-order chi connectivity index (χ1) is 11.5. The number of nitrogens with one attached hydrogen (secondary N) is 1. The zero-order valence-corrected chi connectivity index (χ0v) is 15.5. The molecule has 0 saturated carbocycles. The second kappa shape index (κ2) is 6.65. The fourth-order valence-corrected chi connectivity index (χ4v) is 3.29.